The summed E-state index contributed by atoms with van der Waals surface area (Å²) in [5.74, 6) is 0.937. The van der Waals surface area contributed by atoms with E-state index in [0.29, 0.717) is 41.1 Å². The van der Waals surface area contributed by atoms with E-state index < -0.39 is 0 Å². The fraction of sp³-hybridized carbons (Fsp3) is 0.312. The molecule has 0 spiro atoms. The average Bonchev–Trinajstić information content (AvgIpc) is 2.56. The predicted octanol–water partition coefficient (Wildman–Crippen LogP) is 2.17. The van der Waals surface area contributed by atoms with E-state index in [2.05, 4.69) is 31.2 Å². The Morgan fingerprint density at radius 1 is 1.17 bits per heavy atom. The molecular weight excluding hydrogens is 328 g/mol. The average molecular weight is 349 g/mol. The maximum absolute atomic E-state index is 12.2. The van der Waals surface area contributed by atoms with Crippen molar-refractivity contribution in [3.63, 3.8) is 0 Å². The highest BCUT2D eigenvalue weighted by molar-refractivity contribution is 6.34. The number of anilines is 3. The van der Waals surface area contributed by atoms with Crippen molar-refractivity contribution in [2.24, 2.45) is 0 Å². The van der Waals surface area contributed by atoms with E-state index in [1.807, 2.05) is 20.0 Å². The molecule has 0 saturated heterocycles. The van der Waals surface area contributed by atoms with Gasteiger partial charge in [0, 0.05) is 37.6 Å². The molecular formula is C16H21ClN6O. The smallest absolute Gasteiger partial charge is 0.252 e. The lowest BCUT2D eigenvalue weighted by molar-refractivity contribution is 0.0954. The number of nitrogens with one attached hydrogen (secondary N) is 4. The molecule has 0 bridgehead atoms. The highest BCUT2D eigenvalue weighted by Gasteiger charge is 2.11. The minimum absolute atomic E-state index is 0.222. The Hall–Kier alpha value is -2.38. The first-order chi connectivity index (χ1) is 11.5. The van der Waals surface area contributed by atoms with Gasteiger partial charge in [-0.25, -0.2) is 4.98 Å². The molecule has 0 fully saturated rings. The molecule has 1 heterocycles. The third kappa shape index (κ3) is 4.81. The molecule has 2 rings (SSSR count). The summed E-state index contributed by atoms with van der Waals surface area (Å²) in [4.78, 5) is 20.9. The maximum atomic E-state index is 12.2. The second kappa shape index (κ2) is 8.47. The van der Waals surface area contributed by atoms with Crippen molar-refractivity contribution >= 4 is 35.0 Å². The number of aryl methyl sites for hydroxylation is 1. The summed E-state index contributed by atoms with van der Waals surface area (Å²) in [7, 11) is 3.62. The molecule has 0 aliphatic rings. The zero-order valence-electron chi connectivity index (χ0n) is 13.9. The van der Waals surface area contributed by atoms with Crippen LogP contribution in [0.25, 0.3) is 0 Å². The third-order valence-electron chi connectivity index (χ3n) is 3.24. The van der Waals surface area contributed by atoms with Gasteiger partial charge in [-0.15, -0.1) is 0 Å². The van der Waals surface area contributed by atoms with Crippen molar-refractivity contribution in [2.75, 3.05) is 37.8 Å². The Bertz CT molecular complexity index is 722. The number of rotatable bonds is 7. The summed E-state index contributed by atoms with van der Waals surface area (Å²) in [6.45, 7) is 3.09. The lowest BCUT2D eigenvalue weighted by Crippen LogP contribution is -2.30. The number of hydrogen-bond donors (Lipinski definition) is 4. The van der Waals surface area contributed by atoms with Crippen molar-refractivity contribution in [1.82, 2.24) is 20.6 Å². The second-order valence-corrected chi connectivity index (χ2v) is 5.55. The summed E-state index contributed by atoms with van der Waals surface area (Å²) >= 11 is 6.13. The molecule has 0 atom stereocenters. The van der Waals surface area contributed by atoms with Crippen LogP contribution < -0.4 is 21.3 Å². The van der Waals surface area contributed by atoms with Crippen LogP contribution in [-0.4, -0.2) is 43.1 Å². The third-order valence-corrected chi connectivity index (χ3v) is 3.57. The van der Waals surface area contributed by atoms with E-state index >= 15 is 0 Å². The van der Waals surface area contributed by atoms with Crippen LogP contribution in [0.1, 0.15) is 16.1 Å². The van der Waals surface area contributed by atoms with Crippen LogP contribution in [0.4, 0.5) is 17.5 Å². The lowest BCUT2D eigenvalue weighted by atomic mass is 10.2. The van der Waals surface area contributed by atoms with Crippen LogP contribution in [0, 0.1) is 6.92 Å². The van der Waals surface area contributed by atoms with Crippen molar-refractivity contribution in [1.29, 1.82) is 0 Å². The number of carbonyl (C=O) groups is 1. The van der Waals surface area contributed by atoms with E-state index in [1.54, 1.807) is 25.2 Å². The Morgan fingerprint density at radius 2 is 1.96 bits per heavy atom. The number of likely N-dealkylation sites (N-methyl/N-ethyl adjacent to an activating group) is 1. The van der Waals surface area contributed by atoms with Gasteiger partial charge in [0.05, 0.1) is 10.6 Å². The monoisotopic (exact) mass is 348 g/mol. The van der Waals surface area contributed by atoms with Crippen LogP contribution in [0.5, 0.6) is 0 Å². The predicted molar refractivity (Wildman–Crippen MR) is 97.3 cm³/mol. The molecule has 1 amide bonds. The Morgan fingerprint density at radius 3 is 2.67 bits per heavy atom. The molecule has 24 heavy (non-hydrogen) atoms. The van der Waals surface area contributed by atoms with Gasteiger partial charge in [0.1, 0.15) is 5.82 Å². The first-order valence-electron chi connectivity index (χ1n) is 7.56. The number of amides is 1. The normalized spacial score (nSPS) is 10.3. The highest BCUT2D eigenvalue weighted by Crippen LogP contribution is 2.23. The fourth-order valence-corrected chi connectivity index (χ4v) is 2.26. The number of benzene rings is 1. The zero-order valence-corrected chi connectivity index (χ0v) is 14.7. The largest absolute Gasteiger partial charge is 0.373 e. The van der Waals surface area contributed by atoms with Gasteiger partial charge in [-0.1, -0.05) is 11.6 Å². The molecule has 7 nitrogen and oxygen atoms in total. The topological polar surface area (TPSA) is 91.0 Å². The van der Waals surface area contributed by atoms with Crippen molar-refractivity contribution < 1.29 is 4.79 Å². The van der Waals surface area contributed by atoms with E-state index in [1.165, 1.54) is 0 Å². The number of carbonyl (C=O) groups excluding carboxylic acids is 1. The zero-order chi connectivity index (χ0) is 17.5. The number of aromatic nitrogens is 2. The first-order valence-corrected chi connectivity index (χ1v) is 7.94. The quantitative estimate of drug-likeness (QED) is 0.573. The van der Waals surface area contributed by atoms with Gasteiger partial charge in [0.25, 0.3) is 5.91 Å². The van der Waals surface area contributed by atoms with Gasteiger partial charge in [0.15, 0.2) is 0 Å². The van der Waals surface area contributed by atoms with E-state index in [-0.39, 0.29) is 5.91 Å². The van der Waals surface area contributed by atoms with Crippen LogP contribution >= 0.6 is 11.6 Å². The highest BCUT2D eigenvalue weighted by atomic mass is 35.5. The van der Waals surface area contributed by atoms with Gasteiger partial charge in [-0.05, 0) is 32.2 Å². The summed E-state index contributed by atoms with van der Waals surface area (Å²) in [6, 6.07) is 6.97. The number of hydrogen-bond acceptors (Lipinski definition) is 6. The Balaban J connectivity index is 2.18. The maximum Gasteiger partial charge on any atom is 0.252 e. The summed E-state index contributed by atoms with van der Waals surface area (Å²) < 4.78 is 0. The van der Waals surface area contributed by atoms with Gasteiger partial charge in [-0.2, -0.15) is 4.98 Å². The molecule has 0 aliphatic carbocycles. The molecule has 2 aromatic rings. The van der Waals surface area contributed by atoms with Crippen molar-refractivity contribution in [3.05, 3.63) is 40.5 Å². The summed E-state index contributed by atoms with van der Waals surface area (Å²) in [6.07, 6.45) is 0. The van der Waals surface area contributed by atoms with Crippen LogP contribution in [-0.2, 0) is 0 Å². The molecule has 0 saturated carbocycles. The SMILES string of the molecule is CNCCNC(=O)c1cc(Nc2nc(C)cc(NC)n2)ccc1Cl. The molecule has 0 aliphatic heterocycles. The van der Waals surface area contributed by atoms with Crippen LogP contribution in [0.15, 0.2) is 24.3 Å². The minimum Gasteiger partial charge on any atom is -0.373 e. The summed E-state index contributed by atoms with van der Waals surface area (Å²) in [5.41, 5.74) is 1.92. The molecule has 128 valence electrons. The summed E-state index contributed by atoms with van der Waals surface area (Å²) in [5, 5.41) is 12.2. The molecule has 0 radical (unpaired) electrons. The molecule has 0 unspecified atom stereocenters. The van der Waals surface area contributed by atoms with Gasteiger partial charge >= 0.3 is 0 Å². The van der Waals surface area contributed by atoms with Crippen molar-refractivity contribution in [3.8, 4) is 0 Å². The standard InChI is InChI=1S/C16H21ClN6O/c1-10-8-14(19-3)23-16(21-10)22-11-4-5-13(17)12(9-11)15(24)20-7-6-18-2/h4-5,8-9,18H,6-7H2,1-3H3,(H,20,24)(H2,19,21,22,23). The number of halogens is 1. The van der Waals surface area contributed by atoms with E-state index in [4.69, 9.17) is 11.6 Å². The fourth-order valence-electron chi connectivity index (χ4n) is 2.05. The van der Waals surface area contributed by atoms with Crippen LogP contribution in [0.2, 0.25) is 5.02 Å². The Kier molecular flexibility index (Phi) is 6.34. The van der Waals surface area contributed by atoms with Gasteiger partial charge in [-0.3, -0.25) is 4.79 Å². The number of nitrogens with zero attached hydrogens (tertiary/aromatic N) is 2. The van der Waals surface area contributed by atoms with E-state index in [9.17, 15) is 4.79 Å². The van der Waals surface area contributed by atoms with Crippen molar-refractivity contribution in [2.45, 2.75) is 6.92 Å². The second-order valence-electron chi connectivity index (χ2n) is 5.15. The lowest BCUT2D eigenvalue weighted by Gasteiger charge is -2.11. The first kappa shape index (κ1) is 18.0. The van der Waals surface area contributed by atoms with Gasteiger partial charge < -0.3 is 21.3 Å². The Labute approximate surface area is 146 Å². The van der Waals surface area contributed by atoms with E-state index in [0.717, 1.165) is 5.69 Å². The molecule has 8 heteroatoms. The molecule has 1 aromatic carbocycles. The van der Waals surface area contributed by atoms with Crippen LogP contribution in [0.3, 0.4) is 0 Å². The molecule has 1 aromatic heterocycles. The van der Waals surface area contributed by atoms with Gasteiger partial charge in [0.2, 0.25) is 5.95 Å². The minimum atomic E-state index is -0.222. The molecule has 4 N–H and O–H groups in total.